The molecule has 0 amide bonds. The van der Waals surface area contributed by atoms with Gasteiger partial charge in [0, 0.05) is 54.0 Å². The van der Waals surface area contributed by atoms with Crippen LogP contribution >= 0.6 is 0 Å². The van der Waals surface area contributed by atoms with E-state index in [-0.39, 0.29) is 71.8 Å². The van der Waals surface area contributed by atoms with Crippen molar-refractivity contribution in [3.63, 3.8) is 0 Å². The third kappa shape index (κ3) is 9.24. The summed E-state index contributed by atoms with van der Waals surface area (Å²) >= 11 is 0. The molecular weight excluding hydrogens is 1140 g/mol. The molecule has 0 saturated heterocycles. The number of aryl methyl sites for hydroxylation is 1. The molecule has 378 valence electrons. The van der Waals surface area contributed by atoms with E-state index in [4.69, 9.17) is 32.2 Å². The largest absolute Gasteiger partial charge is 0.510 e. The van der Waals surface area contributed by atoms with Crippen LogP contribution in [0.25, 0.3) is 117 Å². The van der Waals surface area contributed by atoms with Crippen LogP contribution in [-0.2, 0) is 21.1 Å². The number of hydrogen-bond donors (Lipinski definition) is 0. The van der Waals surface area contributed by atoms with Gasteiger partial charge in [0.05, 0.1) is 55.1 Å². The molecule has 6 heteroatoms. The van der Waals surface area contributed by atoms with Gasteiger partial charge in [0.2, 0.25) is 0 Å². The van der Waals surface area contributed by atoms with Crippen LogP contribution in [0.3, 0.4) is 0 Å². The quantitative estimate of drug-likeness (QED) is 0.0956. The summed E-state index contributed by atoms with van der Waals surface area (Å²) < 4.78 is 290. The number of benzene rings is 11. The van der Waals surface area contributed by atoms with Gasteiger partial charge in [0.15, 0.2) is 0 Å². The second-order valence-electron chi connectivity index (χ2n) is 17.2. The Hall–Kier alpha value is -9.67. The second-order valence-corrected chi connectivity index (χ2v) is 17.2. The molecule has 79 heavy (non-hydrogen) atoms. The van der Waals surface area contributed by atoms with Crippen LogP contribution in [-0.4, -0.2) is 14.1 Å². The van der Waals surface area contributed by atoms with Crippen LogP contribution in [0.5, 0.6) is 11.5 Å². The fourth-order valence-electron chi connectivity index (χ4n) is 9.25. The van der Waals surface area contributed by atoms with Crippen LogP contribution in [0.1, 0.15) is 48.1 Å². The summed E-state index contributed by atoms with van der Waals surface area (Å²) in [5, 5.41) is 1.26. The fourth-order valence-corrected chi connectivity index (χ4v) is 9.25. The van der Waals surface area contributed by atoms with Crippen molar-refractivity contribution in [3.05, 3.63) is 296 Å². The monoisotopic (exact) mass is 1220 g/mol. The molecule has 14 rings (SSSR count). The van der Waals surface area contributed by atoms with Crippen molar-refractivity contribution in [2.45, 2.75) is 6.85 Å². The number of ether oxygens (including phenoxy) is 1. The Morgan fingerprint density at radius 2 is 1.03 bits per heavy atom. The maximum absolute atomic E-state index is 10.4. The Balaban J connectivity index is 0.0000106. The maximum Gasteiger partial charge on any atom is 0.268 e. The summed E-state index contributed by atoms with van der Waals surface area (Å²) in [5.41, 5.74) is -7.01. The summed E-state index contributed by atoms with van der Waals surface area (Å²) in [6, 6.07) is 6.47. The van der Waals surface area contributed by atoms with Crippen LogP contribution in [0.4, 0.5) is 0 Å². The number of nitrogens with zero attached hydrogens (tertiary/aromatic N) is 4. The molecule has 0 atom stereocenters. The van der Waals surface area contributed by atoms with Gasteiger partial charge >= 0.3 is 0 Å². The number of pyridine rings is 1. The van der Waals surface area contributed by atoms with Gasteiger partial charge in [-0.2, -0.15) is 18.2 Å². The Bertz CT molecular complexity index is 6150. The van der Waals surface area contributed by atoms with E-state index in [1.165, 1.54) is 27.3 Å². The number of para-hydroxylation sites is 3. The molecule has 0 fully saturated rings. The Kier molecular flexibility index (Phi) is 6.83. The average molecular weight is 1220 g/mol. The van der Waals surface area contributed by atoms with E-state index in [2.05, 4.69) is 23.4 Å². The summed E-state index contributed by atoms with van der Waals surface area (Å²) in [7, 11) is 0. The fraction of sp³-hybridized carbons (Fsp3) is 0.0137. The van der Waals surface area contributed by atoms with Crippen LogP contribution in [0.2, 0.25) is 0 Å². The molecule has 0 saturated carbocycles. The van der Waals surface area contributed by atoms with Gasteiger partial charge in [-0.1, -0.05) is 199 Å². The number of aromatic nitrogens is 4. The van der Waals surface area contributed by atoms with Crippen LogP contribution < -0.4 is 9.30 Å². The molecule has 0 aliphatic rings. The molecule has 14 aromatic rings. The van der Waals surface area contributed by atoms with Crippen molar-refractivity contribution in [3.8, 4) is 95.5 Å². The minimum atomic E-state index is -2.92. The molecule has 0 spiro atoms. The minimum absolute atomic E-state index is 0. The first-order valence-electron chi connectivity index (χ1n) is 39.2. The van der Waals surface area contributed by atoms with E-state index in [1.54, 1.807) is 65.2 Å². The first-order chi connectivity index (χ1) is 51.4. The molecule has 0 aliphatic carbocycles. The van der Waals surface area contributed by atoms with Gasteiger partial charge in [0.1, 0.15) is 5.82 Å². The Morgan fingerprint density at radius 3 is 1.67 bits per heavy atom. The molecule has 3 aromatic heterocycles. The van der Waals surface area contributed by atoms with Gasteiger partial charge in [-0.25, -0.2) is 4.98 Å². The predicted molar refractivity (Wildman–Crippen MR) is 317 cm³/mol. The predicted octanol–water partition coefficient (Wildman–Crippen LogP) is 17.9. The molecule has 0 radical (unpaired) electrons. The van der Waals surface area contributed by atoms with Crippen molar-refractivity contribution < 1.29 is 72.9 Å². The van der Waals surface area contributed by atoms with E-state index < -0.39 is 237 Å². The zero-order valence-electron chi connectivity index (χ0n) is 71.3. The van der Waals surface area contributed by atoms with Gasteiger partial charge in [-0.15, -0.1) is 29.7 Å². The van der Waals surface area contributed by atoms with E-state index >= 15 is 0 Å². The van der Waals surface area contributed by atoms with Gasteiger partial charge in [0.25, 0.3) is 6.33 Å². The molecule has 3 heterocycles. The molecular formula is C73H48N4OPt-2. The molecule has 0 N–H and O–H groups in total. The smallest absolute Gasteiger partial charge is 0.268 e. The van der Waals surface area contributed by atoms with Crippen LogP contribution in [0.15, 0.2) is 272 Å². The van der Waals surface area contributed by atoms with Gasteiger partial charge in [-0.05, 0) is 127 Å². The zero-order chi connectivity index (χ0) is 78.8. The number of rotatable bonds is 11. The molecule has 0 bridgehead atoms. The normalized spacial score (nSPS) is 16.9. The molecule has 0 unspecified atom stereocenters. The summed E-state index contributed by atoms with van der Waals surface area (Å²) in [6.45, 7) is -2.92. The third-order valence-electron chi connectivity index (χ3n) is 12.6. The van der Waals surface area contributed by atoms with Crippen molar-refractivity contribution in [1.29, 1.82) is 0 Å². The zero-order valence-corrected chi connectivity index (χ0v) is 42.6. The van der Waals surface area contributed by atoms with Crippen LogP contribution in [0, 0.1) is 25.3 Å². The number of imidazole rings is 1. The Morgan fingerprint density at radius 1 is 0.481 bits per heavy atom. The molecule has 11 aromatic carbocycles. The van der Waals surface area contributed by atoms with E-state index in [0.717, 1.165) is 18.3 Å². The SMILES string of the molecule is [2H]c1c([2H])c([2H])c(-c2cc(-c3c([2H])c([2H])c([2H])c([2H])c3[2H])c(-[n+]3[c-]n(-c4[c-]c(Oc5[c-]c6c(cc5)c5ccccc5n6-c5cc(C([2H])([2H])[2H])c(-c6c([2H])c([2H])c([2H])c([2H])c6[2H])cn5)ccc4)c4ccccc43)c(-c3c([2H])c(-c4c([2H])c([2H])c([2H])c([2H])c4[2H])c([2H])c(-c4c([2H])c([2H])c([2H])c([2H])c4[2H])c3[2H])c2)c([2H])c1[2H].[Pt]. The van der Waals surface area contributed by atoms with E-state index in [0.29, 0.717) is 21.8 Å². The van der Waals surface area contributed by atoms with Gasteiger partial charge < -0.3 is 13.9 Å². The molecule has 0 aliphatic heterocycles. The summed E-state index contributed by atoms with van der Waals surface area (Å²) in [6.07, 6.45) is 4.40. The van der Waals surface area contributed by atoms with E-state index in [9.17, 15) is 15.1 Å². The number of fused-ring (bicyclic) bond motifs is 4. The first-order valence-corrected chi connectivity index (χ1v) is 23.7. The topological polar surface area (TPSA) is 35.9 Å². The van der Waals surface area contributed by atoms with Crippen molar-refractivity contribution >= 4 is 32.8 Å². The van der Waals surface area contributed by atoms with Crippen molar-refractivity contribution in [1.82, 2.24) is 14.1 Å². The standard InChI is InChI=1S/C73H48N4O.Pt/c1-50-40-72(74-48-67(50)55-30-15-6-16-31-55)77-68-35-18-17-34-63(68)64-39-38-62(47-71(64)77)78-61-33-21-32-60(46-61)75-49-76(70-37-20-19-36-69(70)75)73-65(54-28-13-5-14-29-54)44-58(53-26-11-4-12-27-53)45-66(73)59-42-56(51-22-7-2-8-23-51)41-57(43-59)52-24-9-3-10-25-52;/h2-45,48H,1H3;/q-2;/i1D3,2D,3D,4D,5D,6D,7D,8D,9D,10D,11D,12D,13D,14D,15D,16D,22D,23D,24D,25D,26D,27D,28D,29D,30D,31D,41D,42D,43D;. The summed E-state index contributed by atoms with van der Waals surface area (Å²) in [5.74, 6) is 0.106. The average Bonchev–Trinajstić information content (AvgIpc) is 0.907. The summed E-state index contributed by atoms with van der Waals surface area (Å²) in [4.78, 5) is 4.65. The third-order valence-corrected chi connectivity index (χ3v) is 12.6. The minimum Gasteiger partial charge on any atom is -0.510 e. The van der Waals surface area contributed by atoms with E-state index in [1.807, 2.05) is 6.07 Å². The van der Waals surface area contributed by atoms with Crippen molar-refractivity contribution in [2.75, 3.05) is 0 Å². The molecule has 5 nitrogen and oxygen atoms in total. The Labute approximate surface area is 517 Å². The van der Waals surface area contributed by atoms with Gasteiger partial charge in [-0.3, -0.25) is 4.57 Å². The maximum atomic E-state index is 10.4. The first kappa shape index (κ1) is 25.7. The number of hydrogen-bond acceptors (Lipinski definition) is 2. The van der Waals surface area contributed by atoms with Crippen molar-refractivity contribution in [2.24, 2.45) is 0 Å². The second kappa shape index (κ2) is 21.0.